The van der Waals surface area contributed by atoms with Gasteiger partial charge in [-0.15, -0.1) is 0 Å². The van der Waals surface area contributed by atoms with Crippen molar-refractivity contribution in [1.82, 2.24) is 4.90 Å². The Hall–Kier alpha value is -3.26. The largest absolute Gasteiger partial charge is 0.493 e. The maximum absolute atomic E-state index is 12.9. The molecule has 1 heterocycles. The van der Waals surface area contributed by atoms with Crippen LogP contribution in [-0.2, 0) is 9.59 Å². The molecule has 2 aromatic carbocycles. The second-order valence-electron chi connectivity index (χ2n) is 8.34. The summed E-state index contributed by atoms with van der Waals surface area (Å²) >= 11 is 0.812. The highest BCUT2D eigenvalue weighted by Crippen LogP contribution is 2.35. The molecule has 3 rings (SSSR count). The fourth-order valence-electron chi connectivity index (χ4n) is 3.66. The van der Waals surface area contributed by atoms with E-state index in [1.165, 1.54) is 0 Å². The Kier molecular flexibility index (Phi) is 8.04. The molecule has 0 aliphatic carbocycles. The smallest absolute Gasteiger partial charge is 0.294 e. The van der Waals surface area contributed by atoms with Gasteiger partial charge in [-0.1, -0.05) is 30.7 Å². The number of thioether (sulfide) groups is 1. The molecule has 1 atom stereocenters. The number of anilines is 1. The van der Waals surface area contributed by atoms with Gasteiger partial charge in [0.15, 0.2) is 11.5 Å². The van der Waals surface area contributed by atoms with Crippen molar-refractivity contribution >= 4 is 40.6 Å². The molecule has 0 radical (unpaired) electrons. The number of methoxy groups -OCH3 is 1. The molecule has 0 unspecified atom stereocenters. The Balaban J connectivity index is 1.73. The molecule has 0 bridgehead atoms. The molecule has 8 heteroatoms. The van der Waals surface area contributed by atoms with E-state index in [0.29, 0.717) is 22.7 Å². The zero-order valence-electron chi connectivity index (χ0n) is 20.4. The summed E-state index contributed by atoms with van der Waals surface area (Å²) in [7, 11) is 1.55. The lowest BCUT2D eigenvalue weighted by atomic mass is 10.1. The third-order valence-corrected chi connectivity index (χ3v) is 6.41. The predicted molar refractivity (Wildman–Crippen MR) is 135 cm³/mol. The first kappa shape index (κ1) is 25.4. The van der Waals surface area contributed by atoms with Gasteiger partial charge in [0.05, 0.1) is 18.1 Å². The molecule has 1 aliphatic heterocycles. The van der Waals surface area contributed by atoms with Crippen LogP contribution in [0.3, 0.4) is 0 Å². The standard InChI is InChI=1S/C26H30N2O5S/c1-7-18(5)33-20-9-8-19(12-21(20)32-6)13-22-25(30)28(26(31)34-22)14-23(29)27-24-16(3)10-15(2)11-17(24)4/h8-13,18H,7,14H2,1-6H3,(H,27,29)/b22-13-/t18-/m1/s1. The summed E-state index contributed by atoms with van der Waals surface area (Å²) in [5, 5.41) is 2.36. The molecule has 0 spiro atoms. The van der Waals surface area contributed by atoms with E-state index in [9.17, 15) is 14.4 Å². The predicted octanol–water partition coefficient (Wildman–Crippen LogP) is 5.47. The topological polar surface area (TPSA) is 84.9 Å². The van der Waals surface area contributed by atoms with E-state index >= 15 is 0 Å². The van der Waals surface area contributed by atoms with E-state index in [1.807, 2.05) is 46.8 Å². The zero-order valence-corrected chi connectivity index (χ0v) is 21.2. The van der Waals surface area contributed by atoms with Gasteiger partial charge in [-0.2, -0.15) is 0 Å². The van der Waals surface area contributed by atoms with E-state index < -0.39 is 17.1 Å². The van der Waals surface area contributed by atoms with Crippen LogP contribution in [0.15, 0.2) is 35.2 Å². The normalized spacial score (nSPS) is 15.6. The second-order valence-corrected chi connectivity index (χ2v) is 9.33. The highest BCUT2D eigenvalue weighted by molar-refractivity contribution is 8.18. The van der Waals surface area contributed by atoms with Gasteiger partial charge < -0.3 is 14.8 Å². The molecule has 34 heavy (non-hydrogen) atoms. The fourth-order valence-corrected chi connectivity index (χ4v) is 4.50. The number of nitrogens with zero attached hydrogens (tertiary/aromatic N) is 1. The lowest BCUT2D eigenvalue weighted by Crippen LogP contribution is -2.36. The summed E-state index contributed by atoms with van der Waals surface area (Å²) in [6.07, 6.45) is 2.51. The quantitative estimate of drug-likeness (QED) is 0.502. The van der Waals surface area contributed by atoms with Gasteiger partial charge in [-0.25, -0.2) is 0 Å². The maximum atomic E-state index is 12.9. The summed E-state index contributed by atoms with van der Waals surface area (Å²) in [5.74, 6) is 0.227. The van der Waals surface area contributed by atoms with Crippen molar-refractivity contribution in [1.29, 1.82) is 0 Å². The Labute approximate surface area is 204 Å². The van der Waals surface area contributed by atoms with Gasteiger partial charge in [0.25, 0.3) is 11.1 Å². The SMILES string of the molecule is CC[C@@H](C)Oc1ccc(/C=C2\SC(=O)N(CC(=O)Nc3c(C)cc(C)cc3C)C2=O)cc1OC. The van der Waals surface area contributed by atoms with E-state index in [-0.39, 0.29) is 17.6 Å². The molecule has 2 aromatic rings. The van der Waals surface area contributed by atoms with Crippen LogP contribution >= 0.6 is 11.8 Å². The number of rotatable bonds is 8. The second kappa shape index (κ2) is 10.8. The third-order valence-electron chi connectivity index (χ3n) is 5.51. The Bertz CT molecular complexity index is 1130. The van der Waals surface area contributed by atoms with E-state index in [1.54, 1.807) is 31.4 Å². The van der Waals surface area contributed by atoms with Crippen LogP contribution in [0.25, 0.3) is 6.08 Å². The average Bonchev–Trinajstić information content (AvgIpc) is 3.04. The number of benzene rings is 2. The van der Waals surface area contributed by atoms with Crippen LogP contribution in [0.1, 0.15) is 42.5 Å². The van der Waals surface area contributed by atoms with Crippen LogP contribution in [0, 0.1) is 20.8 Å². The number of ether oxygens (including phenoxy) is 2. The number of aryl methyl sites for hydroxylation is 3. The highest BCUT2D eigenvalue weighted by atomic mass is 32.2. The molecule has 3 amide bonds. The van der Waals surface area contributed by atoms with E-state index in [4.69, 9.17) is 9.47 Å². The number of nitrogens with one attached hydrogen (secondary N) is 1. The average molecular weight is 483 g/mol. The van der Waals surface area contributed by atoms with Crippen LogP contribution in [0.5, 0.6) is 11.5 Å². The molecular formula is C26H30N2O5S. The van der Waals surface area contributed by atoms with Gasteiger partial charge in [-0.3, -0.25) is 19.3 Å². The molecule has 1 aliphatic rings. The number of hydrogen-bond acceptors (Lipinski definition) is 6. The monoisotopic (exact) mass is 482 g/mol. The fraction of sp³-hybridized carbons (Fsp3) is 0.346. The lowest BCUT2D eigenvalue weighted by molar-refractivity contribution is -0.127. The first-order valence-electron chi connectivity index (χ1n) is 11.1. The van der Waals surface area contributed by atoms with Gasteiger partial charge in [0.1, 0.15) is 6.54 Å². The molecule has 0 saturated carbocycles. The van der Waals surface area contributed by atoms with Gasteiger partial charge in [0, 0.05) is 5.69 Å². The third kappa shape index (κ3) is 5.80. The van der Waals surface area contributed by atoms with Crippen molar-refractivity contribution in [2.75, 3.05) is 19.0 Å². The maximum Gasteiger partial charge on any atom is 0.294 e. The molecule has 1 saturated heterocycles. The molecule has 7 nitrogen and oxygen atoms in total. The Morgan fingerprint density at radius 3 is 2.41 bits per heavy atom. The summed E-state index contributed by atoms with van der Waals surface area (Å²) in [4.78, 5) is 39.2. The number of carbonyl (C=O) groups is 3. The van der Waals surface area contributed by atoms with Crippen LogP contribution in [0.4, 0.5) is 10.5 Å². The first-order chi connectivity index (χ1) is 16.1. The van der Waals surface area contributed by atoms with Crippen LogP contribution in [-0.4, -0.2) is 41.7 Å². The van der Waals surface area contributed by atoms with Crippen LogP contribution in [0.2, 0.25) is 0 Å². The molecule has 1 fully saturated rings. The van der Waals surface area contributed by atoms with Crippen molar-refractivity contribution in [3.63, 3.8) is 0 Å². The van der Waals surface area contributed by atoms with Gasteiger partial charge >= 0.3 is 0 Å². The minimum absolute atomic E-state index is 0.0369. The molecule has 0 aromatic heterocycles. The number of hydrogen-bond donors (Lipinski definition) is 1. The van der Waals surface area contributed by atoms with Crippen LogP contribution < -0.4 is 14.8 Å². The van der Waals surface area contributed by atoms with Gasteiger partial charge in [0.2, 0.25) is 5.91 Å². The Morgan fingerprint density at radius 2 is 1.79 bits per heavy atom. The number of carbonyl (C=O) groups excluding carboxylic acids is 3. The minimum atomic E-state index is -0.499. The minimum Gasteiger partial charge on any atom is -0.493 e. The number of amides is 3. The molecule has 1 N–H and O–H groups in total. The lowest BCUT2D eigenvalue weighted by Gasteiger charge is -2.16. The summed E-state index contributed by atoms with van der Waals surface area (Å²) < 4.78 is 11.3. The van der Waals surface area contributed by atoms with Crippen molar-refractivity contribution in [3.8, 4) is 11.5 Å². The first-order valence-corrected chi connectivity index (χ1v) is 11.9. The molecule has 180 valence electrons. The number of imide groups is 1. The van der Waals surface area contributed by atoms with E-state index in [0.717, 1.165) is 39.8 Å². The summed E-state index contributed by atoms with van der Waals surface area (Å²) in [5.41, 5.74) is 4.34. The highest BCUT2D eigenvalue weighted by Gasteiger charge is 2.36. The molecular weight excluding hydrogens is 452 g/mol. The van der Waals surface area contributed by atoms with E-state index in [2.05, 4.69) is 5.32 Å². The van der Waals surface area contributed by atoms with Crippen molar-refractivity contribution in [3.05, 3.63) is 57.5 Å². The Morgan fingerprint density at radius 1 is 1.12 bits per heavy atom. The summed E-state index contributed by atoms with van der Waals surface area (Å²) in [6, 6.07) is 9.27. The summed E-state index contributed by atoms with van der Waals surface area (Å²) in [6.45, 7) is 9.46. The van der Waals surface area contributed by atoms with Crippen molar-refractivity contribution in [2.45, 2.75) is 47.1 Å². The van der Waals surface area contributed by atoms with Crippen molar-refractivity contribution < 1.29 is 23.9 Å². The van der Waals surface area contributed by atoms with Gasteiger partial charge in [-0.05, 0) is 80.8 Å². The zero-order chi connectivity index (χ0) is 25.0. The van der Waals surface area contributed by atoms with Crippen molar-refractivity contribution in [2.24, 2.45) is 0 Å².